The lowest BCUT2D eigenvalue weighted by Gasteiger charge is -2.17. The summed E-state index contributed by atoms with van der Waals surface area (Å²) in [5, 5.41) is 19.6. The van der Waals surface area contributed by atoms with Crippen LogP contribution < -0.4 is 19.8 Å². The van der Waals surface area contributed by atoms with Crippen LogP contribution in [-0.4, -0.2) is 24.6 Å². The number of aromatic nitrogens is 1. The molecule has 8 nitrogen and oxygen atoms in total. The molecule has 0 fully saturated rings. The first-order valence-electron chi connectivity index (χ1n) is 10.6. The number of methoxy groups -OCH3 is 1. The lowest BCUT2D eigenvalue weighted by atomic mass is 10.0. The zero-order valence-corrected chi connectivity index (χ0v) is 19.2. The number of nitrogens with zero attached hydrogens (tertiary/aromatic N) is 3. The number of hydrogen-bond donors (Lipinski definition) is 1. The minimum atomic E-state index is -3.08. The normalized spacial score (nSPS) is 15.7. The summed E-state index contributed by atoms with van der Waals surface area (Å²) in [4.78, 5) is 26.1. The first kappa shape index (κ1) is 23.8. The highest BCUT2D eigenvalue weighted by Gasteiger charge is 2.40. The summed E-state index contributed by atoms with van der Waals surface area (Å²) in [6, 6.07) is 13.5. The molecule has 0 saturated heterocycles. The molecule has 2 heterocycles. The van der Waals surface area contributed by atoms with Crippen LogP contribution in [0.2, 0.25) is 0 Å². The first-order valence-corrected chi connectivity index (χ1v) is 10.6. The number of carbonyl (C=O) groups is 2. The number of pyridine rings is 1. The maximum absolute atomic E-state index is 13.6. The van der Waals surface area contributed by atoms with Crippen molar-refractivity contribution in [2.24, 2.45) is 11.0 Å². The van der Waals surface area contributed by atoms with E-state index in [0.717, 1.165) is 11.9 Å². The quantitative estimate of drug-likeness (QED) is 0.327. The van der Waals surface area contributed by atoms with Gasteiger partial charge in [0, 0.05) is 29.8 Å². The molecule has 1 aromatic heterocycles. The van der Waals surface area contributed by atoms with E-state index in [9.17, 15) is 23.6 Å². The van der Waals surface area contributed by atoms with Crippen molar-refractivity contribution in [3.8, 4) is 16.9 Å². The topological polar surface area (TPSA) is 97.9 Å². The third-order valence-corrected chi connectivity index (χ3v) is 5.54. The second kappa shape index (κ2) is 9.13. The van der Waals surface area contributed by atoms with Crippen LogP contribution >= 0.6 is 0 Å². The molecular weight excluding hydrogens is 458 g/mol. The zero-order chi connectivity index (χ0) is 25.3. The van der Waals surface area contributed by atoms with Crippen LogP contribution in [0.5, 0.6) is 5.75 Å². The largest absolute Gasteiger partial charge is 0.619 e. The maximum atomic E-state index is 13.6. The van der Waals surface area contributed by atoms with E-state index >= 15 is 0 Å². The molecule has 1 aliphatic heterocycles. The summed E-state index contributed by atoms with van der Waals surface area (Å²) in [6.45, 7) is 2.30. The van der Waals surface area contributed by atoms with Crippen molar-refractivity contribution in [3.05, 3.63) is 77.8 Å². The molecule has 0 bridgehead atoms. The number of benzene rings is 2. The van der Waals surface area contributed by atoms with Gasteiger partial charge in [-0.05, 0) is 43.3 Å². The van der Waals surface area contributed by atoms with Gasteiger partial charge in [-0.25, -0.2) is 8.78 Å². The molecule has 0 saturated carbocycles. The van der Waals surface area contributed by atoms with Crippen molar-refractivity contribution in [1.82, 2.24) is 0 Å². The van der Waals surface area contributed by atoms with Gasteiger partial charge in [0.25, 0.3) is 11.8 Å². The minimum absolute atomic E-state index is 0.148. The highest BCUT2D eigenvalue weighted by Crippen LogP contribution is 2.35. The van der Waals surface area contributed by atoms with Crippen molar-refractivity contribution >= 4 is 28.9 Å². The van der Waals surface area contributed by atoms with Crippen LogP contribution in [0.3, 0.4) is 0 Å². The van der Waals surface area contributed by atoms with Gasteiger partial charge in [-0.1, -0.05) is 12.1 Å². The van der Waals surface area contributed by atoms with Crippen LogP contribution in [0.25, 0.3) is 11.1 Å². The Kier molecular flexibility index (Phi) is 6.21. The van der Waals surface area contributed by atoms with Gasteiger partial charge < -0.3 is 15.3 Å². The van der Waals surface area contributed by atoms with Crippen LogP contribution in [0, 0.1) is 11.1 Å². The Balaban J connectivity index is 1.60. The van der Waals surface area contributed by atoms with E-state index < -0.39 is 23.7 Å². The van der Waals surface area contributed by atoms with Crippen LogP contribution in [0.1, 0.15) is 19.4 Å². The Labute approximate surface area is 200 Å². The van der Waals surface area contributed by atoms with E-state index in [0.29, 0.717) is 27.3 Å². The SMILES string of the molecule is COc1ccc(N2N=C(C)C(C(=O)Nc3cccc(C(C)(F)F)c3)C2=O)cc1-c1ccc[n+]([O-])c1. The van der Waals surface area contributed by atoms with Gasteiger partial charge in [-0.3, -0.25) is 9.59 Å². The molecule has 0 radical (unpaired) electrons. The summed E-state index contributed by atoms with van der Waals surface area (Å²) in [5.74, 6) is -5.10. The number of amides is 2. The zero-order valence-electron chi connectivity index (χ0n) is 19.2. The van der Waals surface area contributed by atoms with Gasteiger partial charge in [0.1, 0.15) is 5.75 Å². The summed E-state index contributed by atoms with van der Waals surface area (Å²) >= 11 is 0. The molecule has 2 amide bonds. The Bertz CT molecular complexity index is 1340. The van der Waals surface area contributed by atoms with Gasteiger partial charge in [0.15, 0.2) is 18.3 Å². The van der Waals surface area contributed by atoms with Crippen LogP contribution in [0.4, 0.5) is 20.2 Å². The van der Waals surface area contributed by atoms with Crippen molar-refractivity contribution in [2.75, 3.05) is 17.4 Å². The summed E-state index contributed by atoms with van der Waals surface area (Å²) in [7, 11) is 1.49. The maximum Gasteiger partial charge on any atom is 0.270 e. The first-order chi connectivity index (χ1) is 16.6. The molecule has 2 aromatic carbocycles. The van der Waals surface area contributed by atoms with Gasteiger partial charge in [0.05, 0.1) is 24.1 Å². The van der Waals surface area contributed by atoms with Gasteiger partial charge in [-0.2, -0.15) is 14.8 Å². The number of halogens is 2. The number of hydrogen-bond acceptors (Lipinski definition) is 5. The van der Waals surface area contributed by atoms with E-state index in [2.05, 4.69) is 10.4 Å². The number of carbonyl (C=O) groups excluding carboxylic acids is 2. The van der Waals surface area contributed by atoms with Gasteiger partial charge in [0.2, 0.25) is 5.91 Å². The molecule has 0 spiro atoms. The van der Waals surface area contributed by atoms with Crippen molar-refractivity contribution < 1.29 is 27.8 Å². The van der Waals surface area contributed by atoms with E-state index in [1.165, 1.54) is 43.8 Å². The number of nitrogens with one attached hydrogen (secondary N) is 1. The van der Waals surface area contributed by atoms with Crippen LogP contribution in [-0.2, 0) is 15.5 Å². The molecule has 4 rings (SSSR count). The number of anilines is 2. The fourth-order valence-electron chi connectivity index (χ4n) is 3.80. The van der Waals surface area contributed by atoms with Gasteiger partial charge in [-0.15, -0.1) is 0 Å². The molecule has 10 heteroatoms. The number of rotatable bonds is 6. The lowest BCUT2D eigenvalue weighted by Crippen LogP contribution is -2.36. The second-order valence-corrected chi connectivity index (χ2v) is 8.12. The molecule has 1 N–H and O–H groups in total. The Morgan fingerprint density at radius 2 is 1.97 bits per heavy atom. The summed E-state index contributed by atoms with van der Waals surface area (Å²) < 4.78 is 33.3. The standard InChI is InChI=1S/C25H22F2N4O4/c1-15-22(23(32)28-18-8-4-7-17(12-18)25(2,26)27)24(33)31(29-15)19-9-10-21(35-3)20(13-19)16-6-5-11-30(34)14-16/h4-14,22H,1-3H3,(H,28,32). The predicted molar refractivity (Wildman–Crippen MR) is 126 cm³/mol. The number of alkyl halides is 2. The molecule has 1 aliphatic rings. The predicted octanol–water partition coefficient (Wildman–Crippen LogP) is 4.08. The fourth-order valence-corrected chi connectivity index (χ4v) is 3.80. The van der Waals surface area contributed by atoms with E-state index in [4.69, 9.17) is 4.74 Å². The van der Waals surface area contributed by atoms with Crippen molar-refractivity contribution in [3.63, 3.8) is 0 Å². The summed E-state index contributed by atoms with van der Waals surface area (Å²) in [6.07, 6.45) is 2.71. The second-order valence-electron chi connectivity index (χ2n) is 8.12. The highest BCUT2D eigenvalue weighted by molar-refractivity contribution is 6.28. The Hall–Kier alpha value is -4.34. The molecule has 0 aliphatic carbocycles. The molecule has 3 aromatic rings. The van der Waals surface area contributed by atoms with E-state index in [1.807, 2.05) is 0 Å². The Morgan fingerprint density at radius 1 is 1.20 bits per heavy atom. The average Bonchev–Trinajstić information content (AvgIpc) is 3.12. The van der Waals surface area contributed by atoms with Gasteiger partial charge >= 0.3 is 0 Å². The minimum Gasteiger partial charge on any atom is -0.619 e. The number of ether oxygens (including phenoxy) is 1. The smallest absolute Gasteiger partial charge is 0.270 e. The third-order valence-electron chi connectivity index (χ3n) is 5.54. The molecule has 180 valence electrons. The molecule has 1 unspecified atom stereocenters. The van der Waals surface area contributed by atoms with Crippen molar-refractivity contribution in [2.45, 2.75) is 19.8 Å². The Morgan fingerprint density at radius 3 is 2.66 bits per heavy atom. The summed E-state index contributed by atoms with van der Waals surface area (Å²) in [5.41, 5.74) is 1.63. The third kappa shape index (κ3) is 4.81. The van der Waals surface area contributed by atoms with Crippen molar-refractivity contribution in [1.29, 1.82) is 0 Å². The van der Waals surface area contributed by atoms with E-state index in [1.54, 1.807) is 37.3 Å². The molecular formula is C25H22F2N4O4. The van der Waals surface area contributed by atoms with Crippen LogP contribution in [0.15, 0.2) is 72.1 Å². The fraction of sp³-hybridized carbons (Fsp3) is 0.200. The monoisotopic (exact) mass is 480 g/mol. The molecule has 1 atom stereocenters. The number of hydrazone groups is 1. The highest BCUT2D eigenvalue weighted by atomic mass is 19.3. The molecule has 35 heavy (non-hydrogen) atoms. The lowest BCUT2D eigenvalue weighted by molar-refractivity contribution is -0.604. The average molecular weight is 480 g/mol. The van der Waals surface area contributed by atoms with E-state index in [-0.39, 0.29) is 17.0 Å².